The second-order valence-electron chi connectivity index (χ2n) is 5.39. The molecule has 1 aromatic heterocycles. The average molecular weight is 278 g/mol. The van der Waals surface area contributed by atoms with Crippen LogP contribution < -0.4 is 10.2 Å². The van der Waals surface area contributed by atoms with E-state index in [0.717, 1.165) is 44.0 Å². The van der Waals surface area contributed by atoms with Gasteiger partial charge < -0.3 is 15.0 Å². The molecule has 1 N–H and O–H groups in total. The Morgan fingerprint density at radius 1 is 1.40 bits per heavy atom. The Kier molecular flexibility index (Phi) is 5.59. The van der Waals surface area contributed by atoms with Gasteiger partial charge in [0.2, 0.25) is 0 Å². The van der Waals surface area contributed by atoms with E-state index < -0.39 is 0 Å². The smallest absolute Gasteiger partial charge is 0.137 e. The maximum absolute atomic E-state index is 5.83. The summed E-state index contributed by atoms with van der Waals surface area (Å²) in [6.07, 6.45) is 7.65. The number of nitrogens with one attached hydrogen (secondary N) is 1. The van der Waals surface area contributed by atoms with E-state index in [1.807, 2.05) is 7.05 Å². The van der Waals surface area contributed by atoms with Crippen LogP contribution in [0.4, 0.5) is 11.6 Å². The van der Waals surface area contributed by atoms with Crippen LogP contribution in [-0.2, 0) is 11.2 Å². The Balaban J connectivity index is 2.13. The molecule has 0 aliphatic carbocycles. The quantitative estimate of drug-likeness (QED) is 0.866. The van der Waals surface area contributed by atoms with Crippen molar-refractivity contribution < 1.29 is 4.74 Å². The number of rotatable bonds is 6. The van der Waals surface area contributed by atoms with E-state index in [0.29, 0.717) is 6.10 Å². The Morgan fingerprint density at radius 2 is 2.25 bits per heavy atom. The Hall–Kier alpha value is -1.36. The molecule has 1 aromatic rings. The molecule has 0 spiro atoms. The number of aromatic nitrogens is 2. The minimum atomic E-state index is 0.330. The summed E-state index contributed by atoms with van der Waals surface area (Å²) >= 11 is 0. The lowest BCUT2D eigenvalue weighted by Crippen LogP contribution is -2.34. The molecule has 1 aliphatic rings. The minimum absolute atomic E-state index is 0.330. The van der Waals surface area contributed by atoms with Crippen molar-refractivity contribution in [3.05, 3.63) is 11.9 Å². The molecule has 0 saturated carbocycles. The molecule has 1 fully saturated rings. The minimum Gasteiger partial charge on any atom is -0.376 e. The molecule has 0 bridgehead atoms. The standard InChI is InChI=1S/C15H26N4O/c1-4-7-13-14(16-2)17-11-18-15(13)19(3)10-12-8-5-6-9-20-12/h11-12H,4-10H2,1-3H3,(H,16,17,18). The highest BCUT2D eigenvalue weighted by molar-refractivity contribution is 5.58. The molecular formula is C15H26N4O. The van der Waals surface area contributed by atoms with Crippen molar-refractivity contribution in [3.8, 4) is 0 Å². The van der Waals surface area contributed by atoms with Crippen LogP contribution in [0, 0.1) is 0 Å². The van der Waals surface area contributed by atoms with Crippen molar-refractivity contribution in [2.45, 2.75) is 45.1 Å². The third-order valence-corrected chi connectivity index (χ3v) is 3.77. The lowest BCUT2D eigenvalue weighted by molar-refractivity contribution is 0.0215. The lowest BCUT2D eigenvalue weighted by atomic mass is 10.1. The van der Waals surface area contributed by atoms with Gasteiger partial charge in [0.25, 0.3) is 0 Å². The van der Waals surface area contributed by atoms with Gasteiger partial charge in [0.15, 0.2) is 0 Å². The fourth-order valence-corrected chi connectivity index (χ4v) is 2.77. The summed E-state index contributed by atoms with van der Waals surface area (Å²) in [5, 5.41) is 3.17. The Labute approximate surface area is 121 Å². The van der Waals surface area contributed by atoms with Gasteiger partial charge in [0.1, 0.15) is 18.0 Å². The Bertz CT molecular complexity index is 418. The second-order valence-corrected chi connectivity index (χ2v) is 5.39. The molecule has 2 heterocycles. The van der Waals surface area contributed by atoms with Gasteiger partial charge >= 0.3 is 0 Å². The van der Waals surface area contributed by atoms with Crippen LogP contribution in [0.25, 0.3) is 0 Å². The topological polar surface area (TPSA) is 50.3 Å². The molecule has 1 atom stereocenters. The molecule has 2 rings (SSSR count). The maximum atomic E-state index is 5.83. The van der Waals surface area contributed by atoms with E-state index in [1.165, 1.54) is 18.4 Å². The van der Waals surface area contributed by atoms with Crippen LogP contribution in [0.5, 0.6) is 0 Å². The second kappa shape index (κ2) is 7.43. The predicted octanol–water partition coefficient (Wildman–Crippen LogP) is 2.48. The van der Waals surface area contributed by atoms with Crippen LogP contribution in [-0.4, -0.2) is 43.3 Å². The number of hydrogen-bond acceptors (Lipinski definition) is 5. The SMILES string of the molecule is CCCc1c(NC)ncnc1N(C)CC1CCCCO1. The molecule has 20 heavy (non-hydrogen) atoms. The molecule has 1 unspecified atom stereocenters. The summed E-state index contributed by atoms with van der Waals surface area (Å²) in [7, 11) is 4.01. The van der Waals surface area contributed by atoms with Crippen molar-refractivity contribution in [1.82, 2.24) is 9.97 Å². The van der Waals surface area contributed by atoms with Gasteiger partial charge in [0.05, 0.1) is 6.10 Å². The monoisotopic (exact) mass is 278 g/mol. The molecule has 1 saturated heterocycles. The first-order valence-electron chi connectivity index (χ1n) is 7.60. The third kappa shape index (κ3) is 3.60. The summed E-state index contributed by atoms with van der Waals surface area (Å²) in [6, 6.07) is 0. The highest BCUT2D eigenvalue weighted by Crippen LogP contribution is 2.25. The van der Waals surface area contributed by atoms with E-state index >= 15 is 0 Å². The highest BCUT2D eigenvalue weighted by Gasteiger charge is 2.19. The molecule has 0 radical (unpaired) electrons. The van der Waals surface area contributed by atoms with E-state index in [-0.39, 0.29) is 0 Å². The zero-order valence-corrected chi connectivity index (χ0v) is 12.9. The zero-order valence-electron chi connectivity index (χ0n) is 12.9. The predicted molar refractivity (Wildman–Crippen MR) is 82.4 cm³/mol. The Morgan fingerprint density at radius 3 is 2.90 bits per heavy atom. The van der Waals surface area contributed by atoms with Crippen LogP contribution in [0.15, 0.2) is 6.33 Å². The third-order valence-electron chi connectivity index (χ3n) is 3.77. The van der Waals surface area contributed by atoms with E-state index in [4.69, 9.17) is 4.74 Å². The van der Waals surface area contributed by atoms with Gasteiger partial charge in [-0.3, -0.25) is 0 Å². The van der Waals surface area contributed by atoms with Gasteiger partial charge in [-0.1, -0.05) is 13.3 Å². The lowest BCUT2D eigenvalue weighted by Gasteiger charge is -2.29. The van der Waals surface area contributed by atoms with Crippen molar-refractivity contribution in [2.75, 3.05) is 37.5 Å². The van der Waals surface area contributed by atoms with Gasteiger partial charge in [-0.05, 0) is 25.7 Å². The summed E-state index contributed by atoms with van der Waals surface area (Å²) < 4.78 is 5.83. The van der Waals surface area contributed by atoms with Crippen LogP contribution in [0.2, 0.25) is 0 Å². The van der Waals surface area contributed by atoms with Crippen molar-refractivity contribution in [2.24, 2.45) is 0 Å². The largest absolute Gasteiger partial charge is 0.376 e. The van der Waals surface area contributed by atoms with Crippen LogP contribution >= 0.6 is 0 Å². The first kappa shape index (κ1) is 15.0. The van der Waals surface area contributed by atoms with Crippen molar-refractivity contribution >= 4 is 11.6 Å². The average Bonchev–Trinajstić information content (AvgIpc) is 2.48. The summed E-state index contributed by atoms with van der Waals surface area (Å²) in [5.74, 6) is 1.97. The van der Waals surface area contributed by atoms with Crippen LogP contribution in [0.3, 0.4) is 0 Å². The first-order valence-corrected chi connectivity index (χ1v) is 7.60. The summed E-state index contributed by atoms with van der Waals surface area (Å²) in [6.45, 7) is 3.98. The van der Waals surface area contributed by atoms with Crippen molar-refractivity contribution in [3.63, 3.8) is 0 Å². The first-order chi connectivity index (χ1) is 9.76. The van der Waals surface area contributed by atoms with Gasteiger partial charge in [0, 0.05) is 32.8 Å². The fraction of sp³-hybridized carbons (Fsp3) is 0.733. The highest BCUT2D eigenvalue weighted by atomic mass is 16.5. The van der Waals surface area contributed by atoms with Crippen molar-refractivity contribution in [1.29, 1.82) is 0 Å². The number of hydrogen-bond donors (Lipinski definition) is 1. The van der Waals surface area contributed by atoms with Gasteiger partial charge in [-0.25, -0.2) is 9.97 Å². The number of likely N-dealkylation sites (N-methyl/N-ethyl adjacent to an activating group) is 1. The van der Waals surface area contributed by atoms with Gasteiger partial charge in [-0.2, -0.15) is 0 Å². The van der Waals surface area contributed by atoms with Crippen LogP contribution in [0.1, 0.15) is 38.2 Å². The molecular weight excluding hydrogens is 252 g/mol. The summed E-state index contributed by atoms with van der Waals surface area (Å²) in [5.41, 5.74) is 1.20. The zero-order chi connectivity index (χ0) is 14.4. The molecule has 0 amide bonds. The normalized spacial score (nSPS) is 18.9. The number of nitrogens with zero attached hydrogens (tertiary/aromatic N) is 3. The molecule has 1 aliphatic heterocycles. The number of ether oxygens (including phenoxy) is 1. The fourth-order valence-electron chi connectivity index (χ4n) is 2.77. The van der Waals surface area contributed by atoms with E-state index in [1.54, 1.807) is 6.33 Å². The number of anilines is 2. The molecule has 112 valence electrons. The van der Waals surface area contributed by atoms with E-state index in [9.17, 15) is 0 Å². The molecule has 5 nitrogen and oxygen atoms in total. The molecule has 5 heteroatoms. The van der Waals surface area contributed by atoms with Gasteiger partial charge in [-0.15, -0.1) is 0 Å². The molecule has 0 aromatic carbocycles. The summed E-state index contributed by atoms with van der Waals surface area (Å²) in [4.78, 5) is 11.0. The van der Waals surface area contributed by atoms with E-state index in [2.05, 4.69) is 34.2 Å². The maximum Gasteiger partial charge on any atom is 0.137 e.